The first kappa shape index (κ1) is 31.8. The van der Waals surface area contributed by atoms with E-state index in [-0.39, 0.29) is 0 Å². The van der Waals surface area contributed by atoms with Crippen molar-refractivity contribution < 1.29 is 8.83 Å². The summed E-state index contributed by atoms with van der Waals surface area (Å²) in [7, 11) is 0. The molecule has 0 unspecified atom stereocenters. The third kappa shape index (κ3) is 5.15. The van der Waals surface area contributed by atoms with Crippen LogP contribution in [0.15, 0.2) is 173 Å². The van der Waals surface area contributed by atoms with Crippen molar-refractivity contribution in [1.29, 1.82) is 0 Å². The first-order chi connectivity index (χ1) is 28.2. The van der Waals surface area contributed by atoms with E-state index in [1.54, 1.807) is 11.3 Å². The average Bonchev–Trinajstić information content (AvgIpc) is 3.97. The van der Waals surface area contributed by atoms with Gasteiger partial charge in [0.05, 0.1) is 0 Å². The molecule has 8 heteroatoms. The highest BCUT2D eigenvalue weighted by molar-refractivity contribution is 7.25. The quantitative estimate of drug-likeness (QED) is 0.173. The highest BCUT2D eigenvalue weighted by atomic mass is 32.1. The van der Waals surface area contributed by atoms with Gasteiger partial charge in [0.15, 0.2) is 28.9 Å². The van der Waals surface area contributed by atoms with Crippen molar-refractivity contribution in [3.05, 3.63) is 164 Å². The minimum atomic E-state index is 0.556. The zero-order valence-electron chi connectivity index (χ0n) is 30.0. The molecule has 0 atom stereocenters. The number of para-hydroxylation sites is 1. The molecule has 0 amide bonds. The first-order valence-corrected chi connectivity index (χ1v) is 19.5. The van der Waals surface area contributed by atoms with E-state index >= 15 is 0 Å². The third-order valence-corrected chi connectivity index (χ3v) is 11.7. The van der Waals surface area contributed by atoms with Crippen molar-refractivity contribution in [3.63, 3.8) is 0 Å². The molecule has 7 aromatic carbocycles. The van der Waals surface area contributed by atoms with Gasteiger partial charge in [-0.15, -0.1) is 11.3 Å². The molecule has 0 saturated heterocycles. The lowest BCUT2D eigenvalue weighted by atomic mass is 10.0. The summed E-state index contributed by atoms with van der Waals surface area (Å²) >= 11 is 1.79. The second kappa shape index (κ2) is 12.5. The molecule has 12 aromatic rings. The first-order valence-electron chi connectivity index (χ1n) is 18.7. The molecule has 0 aliphatic heterocycles. The van der Waals surface area contributed by atoms with E-state index in [0.717, 1.165) is 66.2 Å². The molecule has 57 heavy (non-hydrogen) atoms. The molecular formula is C49H27N5O2S. The van der Waals surface area contributed by atoms with Gasteiger partial charge in [-0.3, -0.25) is 0 Å². The number of furan rings is 2. The van der Waals surface area contributed by atoms with Gasteiger partial charge in [0, 0.05) is 64.1 Å². The predicted octanol–water partition coefficient (Wildman–Crippen LogP) is 13.2. The van der Waals surface area contributed by atoms with Crippen LogP contribution in [0.25, 0.3) is 121 Å². The molecule has 0 aliphatic rings. The van der Waals surface area contributed by atoms with Gasteiger partial charge in [-0.25, -0.2) is 24.9 Å². The maximum atomic E-state index is 6.52. The fourth-order valence-electron chi connectivity index (χ4n) is 7.87. The second-order valence-corrected chi connectivity index (χ2v) is 15.1. The molecule has 5 aromatic heterocycles. The molecule has 5 heterocycles. The van der Waals surface area contributed by atoms with Crippen LogP contribution < -0.4 is 0 Å². The average molecular weight is 750 g/mol. The van der Waals surface area contributed by atoms with Gasteiger partial charge < -0.3 is 8.83 Å². The maximum absolute atomic E-state index is 6.52. The van der Waals surface area contributed by atoms with Crippen LogP contribution in [-0.4, -0.2) is 24.9 Å². The molecule has 0 spiro atoms. The number of fused-ring (bicyclic) bond motifs is 9. The highest BCUT2D eigenvalue weighted by Gasteiger charge is 2.22. The predicted molar refractivity (Wildman–Crippen MR) is 230 cm³/mol. The molecule has 0 fully saturated rings. The number of aromatic nitrogens is 5. The van der Waals surface area contributed by atoms with E-state index < -0.39 is 0 Å². The van der Waals surface area contributed by atoms with Crippen LogP contribution in [0.3, 0.4) is 0 Å². The number of thiophene rings is 1. The van der Waals surface area contributed by atoms with E-state index in [9.17, 15) is 0 Å². The smallest absolute Gasteiger partial charge is 0.180 e. The molecule has 0 saturated carbocycles. The van der Waals surface area contributed by atoms with Crippen molar-refractivity contribution in [2.24, 2.45) is 0 Å². The lowest BCUT2D eigenvalue weighted by molar-refractivity contribution is 0.666. The molecule has 0 bridgehead atoms. The minimum absolute atomic E-state index is 0.556. The Hall–Kier alpha value is -7.55. The Morgan fingerprint density at radius 2 is 0.982 bits per heavy atom. The summed E-state index contributed by atoms with van der Waals surface area (Å²) in [6.45, 7) is 0. The van der Waals surface area contributed by atoms with Crippen molar-refractivity contribution in [2.45, 2.75) is 0 Å². The SMILES string of the molecule is c1ccc(-c2nc(-c3ccc4sc5ccccc5c4c3)nc(-c3cccc4oc5ccc(-c6nc(-c7ccccc7)nc7c6oc6ccccc67)cc5c34)n2)cc1. The van der Waals surface area contributed by atoms with Gasteiger partial charge in [-0.1, -0.05) is 103 Å². The standard InChI is InChI=1S/C49H27N5O2S/c1-3-12-28(13-4-1)46-50-43(45-44(51-46)33-17-7-9-19-37(33)56-45)30-22-24-38-36(26-30)42-34(18-11-20-39(42)55-38)49-53-47(29-14-5-2-6-15-29)52-48(54-49)31-23-25-41-35(27-31)32-16-8-10-21-40(32)57-41/h1-27H. The van der Waals surface area contributed by atoms with Crippen LogP contribution in [0.1, 0.15) is 0 Å². The number of hydrogen-bond donors (Lipinski definition) is 0. The van der Waals surface area contributed by atoms with Crippen molar-refractivity contribution >= 4 is 75.5 Å². The summed E-state index contributed by atoms with van der Waals surface area (Å²) in [4.78, 5) is 25.6. The zero-order chi connectivity index (χ0) is 37.5. The lowest BCUT2D eigenvalue weighted by Gasteiger charge is -2.10. The Kier molecular flexibility index (Phi) is 6.96. The van der Waals surface area contributed by atoms with E-state index in [2.05, 4.69) is 54.6 Å². The fraction of sp³-hybridized carbons (Fsp3) is 0. The van der Waals surface area contributed by atoms with Gasteiger partial charge in [0.2, 0.25) is 0 Å². The summed E-state index contributed by atoms with van der Waals surface area (Å²) in [5, 5.41) is 5.17. The summed E-state index contributed by atoms with van der Waals surface area (Å²) in [6, 6.07) is 55.3. The fourth-order valence-corrected chi connectivity index (χ4v) is 8.96. The highest BCUT2D eigenvalue weighted by Crippen LogP contribution is 2.41. The molecule has 12 rings (SSSR count). The lowest BCUT2D eigenvalue weighted by Crippen LogP contribution is -2.00. The number of hydrogen-bond acceptors (Lipinski definition) is 8. The Balaban J connectivity index is 1.08. The molecule has 0 N–H and O–H groups in total. The van der Waals surface area contributed by atoms with E-state index in [0.29, 0.717) is 34.6 Å². The number of rotatable bonds is 5. The van der Waals surface area contributed by atoms with Crippen molar-refractivity contribution in [2.75, 3.05) is 0 Å². The minimum Gasteiger partial charge on any atom is -0.456 e. The maximum Gasteiger partial charge on any atom is 0.180 e. The summed E-state index contributed by atoms with van der Waals surface area (Å²) in [5.74, 6) is 2.38. The second-order valence-electron chi connectivity index (χ2n) is 14.0. The van der Waals surface area contributed by atoms with Crippen LogP contribution in [0.4, 0.5) is 0 Å². The normalized spacial score (nSPS) is 11.9. The van der Waals surface area contributed by atoms with Gasteiger partial charge in [0.1, 0.15) is 28.0 Å². The van der Waals surface area contributed by atoms with Gasteiger partial charge in [-0.2, -0.15) is 0 Å². The van der Waals surface area contributed by atoms with E-state index in [1.807, 2.05) is 109 Å². The molecule has 0 radical (unpaired) electrons. The molecule has 266 valence electrons. The van der Waals surface area contributed by atoms with Crippen LogP contribution in [0.2, 0.25) is 0 Å². The topological polar surface area (TPSA) is 90.7 Å². The Morgan fingerprint density at radius 3 is 1.81 bits per heavy atom. The number of benzene rings is 7. The largest absolute Gasteiger partial charge is 0.456 e. The van der Waals surface area contributed by atoms with Crippen LogP contribution >= 0.6 is 11.3 Å². The van der Waals surface area contributed by atoms with Crippen LogP contribution in [-0.2, 0) is 0 Å². The van der Waals surface area contributed by atoms with Crippen molar-refractivity contribution in [3.8, 4) is 56.8 Å². The third-order valence-electron chi connectivity index (χ3n) is 10.6. The van der Waals surface area contributed by atoms with Gasteiger partial charge in [-0.05, 0) is 60.7 Å². The Morgan fingerprint density at radius 1 is 0.368 bits per heavy atom. The van der Waals surface area contributed by atoms with Crippen LogP contribution in [0.5, 0.6) is 0 Å². The van der Waals surface area contributed by atoms with Crippen molar-refractivity contribution in [1.82, 2.24) is 24.9 Å². The van der Waals surface area contributed by atoms with Crippen LogP contribution in [0, 0.1) is 0 Å². The van der Waals surface area contributed by atoms with E-state index in [1.165, 1.54) is 20.2 Å². The van der Waals surface area contributed by atoms with Gasteiger partial charge in [0.25, 0.3) is 0 Å². The zero-order valence-corrected chi connectivity index (χ0v) is 30.9. The summed E-state index contributed by atoms with van der Waals surface area (Å²) in [6.07, 6.45) is 0. The summed E-state index contributed by atoms with van der Waals surface area (Å²) < 4.78 is 15.5. The number of nitrogens with zero attached hydrogens (tertiary/aromatic N) is 5. The summed E-state index contributed by atoms with van der Waals surface area (Å²) in [5.41, 5.74) is 8.81. The molecule has 7 nitrogen and oxygen atoms in total. The molecule has 0 aliphatic carbocycles. The molecular weight excluding hydrogens is 723 g/mol. The monoisotopic (exact) mass is 749 g/mol. The Labute approximate surface area is 328 Å². The van der Waals surface area contributed by atoms with Gasteiger partial charge >= 0.3 is 0 Å². The van der Waals surface area contributed by atoms with E-state index in [4.69, 9.17) is 33.8 Å². The Bertz CT molecular complexity index is 3540.